The highest BCUT2D eigenvalue weighted by atomic mass is 16.7. The highest BCUT2D eigenvalue weighted by molar-refractivity contribution is 5.76. The molecule has 0 aromatic heterocycles. The monoisotopic (exact) mass is 764 g/mol. The summed E-state index contributed by atoms with van der Waals surface area (Å²) in [5.41, 5.74) is 0.110. The molecule has 13 nitrogen and oxygen atoms in total. The zero-order valence-electron chi connectivity index (χ0n) is 32.9. The van der Waals surface area contributed by atoms with Crippen LogP contribution in [0.3, 0.4) is 0 Å². The maximum absolute atomic E-state index is 13.0. The predicted molar refractivity (Wildman–Crippen MR) is 192 cm³/mol. The first kappa shape index (κ1) is 40.5. The van der Waals surface area contributed by atoms with Gasteiger partial charge in [0.1, 0.15) is 36.6 Å². The molecule has 7 aliphatic rings. The molecule has 0 aromatic carbocycles. The van der Waals surface area contributed by atoms with E-state index in [0.717, 1.165) is 51.4 Å². The van der Waals surface area contributed by atoms with Crippen LogP contribution in [-0.4, -0.2) is 116 Å². The summed E-state index contributed by atoms with van der Waals surface area (Å²) in [6.07, 6.45) is -4.35. The maximum atomic E-state index is 13.0. The fraction of sp³-hybridized carbons (Fsp3) is 0.902. The molecule has 0 spiro atoms. The molecule has 2 heterocycles. The molecular formula is C41H64O13. The Balaban J connectivity index is 1.13. The Hall–Kier alpha value is -1.68. The molecule has 13 heteroatoms. The highest BCUT2D eigenvalue weighted by Crippen LogP contribution is 2.76. The third kappa shape index (κ3) is 5.88. The van der Waals surface area contributed by atoms with Crippen molar-refractivity contribution in [3.05, 3.63) is 11.6 Å². The fourth-order valence-electron chi connectivity index (χ4n) is 13.4. The summed E-state index contributed by atoms with van der Waals surface area (Å²) in [6, 6.07) is 0. The number of hydrogen-bond acceptors (Lipinski definition) is 11. The molecule has 0 aromatic rings. The van der Waals surface area contributed by atoms with Gasteiger partial charge >= 0.3 is 11.9 Å². The number of rotatable bonds is 6. The van der Waals surface area contributed by atoms with E-state index in [0.29, 0.717) is 18.8 Å². The van der Waals surface area contributed by atoms with E-state index in [1.165, 1.54) is 5.57 Å². The molecule has 0 radical (unpaired) electrons. The topological polar surface area (TPSA) is 213 Å². The van der Waals surface area contributed by atoms with E-state index in [1.54, 1.807) is 0 Å². The van der Waals surface area contributed by atoms with Crippen LogP contribution in [0.25, 0.3) is 0 Å². The lowest BCUT2D eigenvalue weighted by molar-refractivity contribution is -0.357. The number of aliphatic hydroxyl groups excluding tert-OH is 5. The van der Waals surface area contributed by atoms with Gasteiger partial charge in [-0.25, -0.2) is 4.79 Å². The summed E-state index contributed by atoms with van der Waals surface area (Å²) in [5.74, 6) is -1.53. The van der Waals surface area contributed by atoms with Crippen LogP contribution in [0.2, 0.25) is 0 Å². The minimum absolute atomic E-state index is 0.0359. The van der Waals surface area contributed by atoms with E-state index in [-0.39, 0.29) is 40.1 Å². The van der Waals surface area contributed by atoms with Gasteiger partial charge in [-0.1, -0.05) is 60.1 Å². The van der Waals surface area contributed by atoms with Crippen molar-refractivity contribution in [1.82, 2.24) is 0 Å². The zero-order valence-corrected chi connectivity index (χ0v) is 32.9. The molecule has 7 rings (SSSR count). The molecule has 54 heavy (non-hydrogen) atoms. The predicted octanol–water partition coefficient (Wildman–Crippen LogP) is 3.61. The summed E-state index contributed by atoms with van der Waals surface area (Å²) in [4.78, 5) is 25.3. The van der Waals surface area contributed by atoms with Gasteiger partial charge in [-0.2, -0.15) is 0 Å². The van der Waals surface area contributed by atoms with Crippen molar-refractivity contribution < 1.29 is 64.3 Å². The van der Waals surface area contributed by atoms with E-state index in [1.807, 2.05) is 0 Å². The molecule has 5 aliphatic carbocycles. The van der Waals surface area contributed by atoms with Crippen molar-refractivity contribution in [2.45, 2.75) is 174 Å². The maximum Gasteiger partial charge on any atom is 0.335 e. The molecule has 306 valence electrons. The SMILES string of the molecule is CC1(C)CC[C@]2(C(=O)O)CC[C@]3(C)C(=CC[C@@H]4[C@@]5(C)CC[C@H](O[C@@H]6O[C@H](C(=O)O)[C@@H](O)[C@H](O[C@@H]7OC[C@@H](O)[C@H](O)[C@H]7O)[C@H]6O)C(C)(C)[C@H]5CC[C@]43C)[C@H]2C1. The van der Waals surface area contributed by atoms with Crippen LogP contribution in [0, 0.1) is 50.2 Å². The quantitative estimate of drug-likeness (QED) is 0.152. The van der Waals surface area contributed by atoms with E-state index in [9.17, 15) is 45.3 Å². The number of allylic oxidation sites excluding steroid dienone is 2. The van der Waals surface area contributed by atoms with Gasteiger partial charge in [-0.15, -0.1) is 0 Å². The van der Waals surface area contributed by atoms with Crippen molar-refractivity contribution in [1.29, 1.82) is 0 Å². The third-order valence-electron chi connectivity index (χ3n) is 16.8. The Morgan fingerprint density at radius 1 is 0.759 bits per heavy atom. The van der Waals surface area contributed by atoms with Crippen molar-refractivity contribution in [3.8, 4) is 0 Å². The number of fused-ring (bicyclic) bond motifs is 7. The van der Waals surface area contributed by atoms with Crippen LogP contribution in [-0.2, 0) is 28.5 Å². The number of ether oxygens (including phenoxy) is 4. The number of aliphatic carboxylic acids is 2. The number of aliphatic hydroxyl groups is 5. The molecule has 6 fully saturated rings. The Morgan fingerprint density at radius 2 is 1.44 bits per heavy atom. The van der Waals surface area contributed by atoms with Gasteiger partial charge in [0.25, 0.3) is 0 Å². The summed E-state index contributed by atoms with van der Waals surface area (Å²) >= 11 is 0. The second-order valence-electron chi connectivity index (χ2n) is 20.3. The van der Waals surface area contributed by atoms with Gasteiger partial charge in [0, 0.05) is 0 Å². The molecule has 2 saturated heterocycles. The van der Waals surface area contributed by atoms with E-state index < -0.39 is 84.2 Å². The van der Waals surface area contributed by atoms with Gasteiger partial charge in [0.2, 0.25) is 0 Å². The second-order valence-corrected chi connectivity index (χ2v) is 20.3. The van der Waals surface area contributed by atoms with E-state index in [2.05, 4.69) is 54.5 Å². The first-order chi connectivity index (χ1) is 25.0. The molecule has 7 N–H and O–H groups in total. The first-order valence-corrected chi connectivity index (χ1v) is 20.2. The van der Waals surface area contributed by atoms with Crippen LogP contribution in [0.15, 0.2) is 11.6 Å². The minimum Gasteiger partial charge on any atom is -0.481 e. The fourth-order valence-corrected chi connectivity index (χ4v) is 13.4. The third-order valence-corrected chi connectivity index (χ3v) is 16.8. The molecular weight excluding hydrogens is 700 g/mol. The van der Waals surface area contributed by atoms with E-state index >= 15 is 0 Å². The first-order valence-electron chi connectivity index (χ1n) is 20.2. The zero-order chi connectivity index (χ0) is 39.6. The summed E-state index contributed by atoms with van der Waals surface area (Å²) in [6.45, 7) is 15.9. The van der Waals surface area contributed by atoms with Gasteiger partial charge in [0.05, 0.1) is 18.1 Å². The Bertz CT molecular complexity index is 1510. The van der Waals surface area contributed by atoms with Gasteiger partial charge < -0.3 is 54.7 Å². The van der Waals surface area contributed by atoms with Crippen LogP contribution in [0.1, 0.15) is 113 Å². The molecule has 17 atom stereocenters. The highest BCUT2D eigenvalue weighted by Gasteiger charge is 2.69. The van der Waals surface area contributed by atoms with Crippen molar-refractivity contribution in [2.75, 3.05) is 6.61 Å². The van der Waals surface area contributed by atoms with Gasteiger partial charge in [-0.3, -0.25) is 4.79 Å². The number of hydrogen-bond donors (Lipinski definition) is 7. The average molecular weight is 765 g/mol. The normalized spacial score (nSPS) is 52.4. The van der Waals surface area contributed by atoms with Gasteiger partial charge in [-0.05, 0) is 109 Å². The van der Waals surface area contributed by atoms with Gasteiger partial charge in [0.15, 0.2) is 18.7 Å². The lowest BCUT2D eigenvalue weighted by atomic mass is 9.33. The number of carbonyl (C=O) groups is 2. The number of carboxylic acid groups (broad SMARTS) is 2. The Labute approximate surface area is 318 Å². The Kier molecular flexibility index (Phi) is 10.1. The van der Waals surface area contributed by atoms with Crippen LogP contribution in [0.4, 0.5) is 0 Å². The van der Waals surface area contributed by atoms with E-state index in [4.69, 9.17) is 18.9 Å². The minimum atomic E-state index is -1.86. The largest absolute Gasteiger partial charge is 0.481 e. The van der Waals surface area contributed by atoms with Crippen LogP contribution >= 0.6 is 0 Å². The van der Waals surface area contributed by atoms with Crippen molar-refractivity contribution >= 4 is 11.9 Å². The molecule has 2 aliphatic heterocycles. The Morgan fingerprint density at radius 3 is 2.11 bits per heavy atom. The van der Waals surface area contributed by atoms with Crippen molar-refractivity contribution in [3.63, 3.8) is 0 Å². The molecule has 0 amide bonds. The molecule has 0 unspecified atom stereocenters. The van der Waals surface area contributed by atoms with Crippen LogP contribution < -0.4 is 0 Å². The second kappa shape index (κ2) is 13.4. The smallest absolute Gasteiger partial charge is 0.335 e. The standard InChI is InChI=1S/C41H64O13/c1-36(2)14-16-41(35(49)50)17-15-39(6)20(21(41)18-36)8-9-24-38(5)12-11-25(37(3,4)23(38)10-13-40(24,39)7)52-34-29(46)30(28(45)31(54-34)32(47)48)53-33-27(44)26(43)22(42)19-51-33/h8,21-31,33-34,42-46H,9-19H2,1-7H3,(H,47,48)(H,49,50)/t21-,22-,23-,24-,25+,26+,27-,28+,29-,30+,31+,33+,34-,38+,39-,40-,41+/m1/s1. The summed E-state index contributed by atoms with van der Waals surface area (Å²) in [5, 5.41) is 73.6. The number of carboxylic acids is 2. The lowest BCUT2D eigenvalue weighted by Gasteiger charge is -2.71. The molecule has 4 saturated carbocycles. The average Bonchev–Trinajstić information content (AvgIpc) is 3.08. The molecule has 0 bridgehead atoms. The van der Waals surface area contributed by atoms with Crippen LogP contribution in [0.5, 0.6) is 0 Å². The lowest BCUT2D eigenvalue weighted by Crippen LogP contribution is -2.66. The van der Waals surface area contributed by atoms with Crippen molar-refractivity contribution in [2.24, 2.45) is 50.2 Å². The summed E-state index contributed by atoms with van der Waals surface area (Å²) < 4.78 is 23.3. The summed E-state index contributed by atoms with van der Waals surface area (Å²) in [7, 11) is 0.